The maximum atomic E-state index is 13.6. The minimum Gasteiger partial charge on any atom is -0.493 e. The Hall–Kier alpha value is -3.45. The van der Waals surface area contributed by atoms with Gasteiger partial charge in [0.05, 0.1) is 34.1 Å². The number of ether oxygens (including phenoxy) is 4. The molecular weight excluding hydrogens is 498 g/mol. The molecule has 1 amide bonds. The minimum absolute atomic E-state index is 0.0698. The van der Waals surface area contributed by atoms with Gasteiger partial charge in [0, 0.05) is 22.1 Å². The van der Waals surface area contributed by atoms with Crippen LogP contribution in [0, 0.1) is 0 Å². The van der Waals surface area contributed by atoms with Gasteiger partial charge < -0.3 is 23.8 Å². The minimum atomic E-state index is -0.0698. The molecule has 3 aromatic carbocycles. The molecule has 1 aliphatic heterocycles. The molecule has 0 radical (unpaired) electrons. The maximum Gasteiger partial charge on any atom is 0.258 e. The van der Waals surface area contributed by atoms with Crippen LogP contribution in [0.2, 0.25) is 0 Å². The van der Waals surface area contributed by atoms with Crippen molar-refractivity contribution in [3.05, 3.63) is 81.3 Å². The third-order valence-electron chi connectivity index (χ3n) is 5.83. The zero-order chi connectivity index (χ0) is 24.2. The average molecular weight is 524 g/mol. The van der Waals surface area contributed by atoms with E-state index in [1.807, 2.05) is 65.6 Å². The van der Waals surface area contributed by atoms with Gasteiger partial charge in [-0.25, -0.2) is 0 Å². The fourth-order valence-corrected chi connectivity index (χ4v) is 4.34. The van der Waals surface area contributed by atoms with Gasteiger partial charge in [-0.1, -0.05) is 22.0 Å². The van der Waals surface area contributed by atoms with Gasteiger partial charge in [0.2, 0.25) is 0 Å². The summed E-state index contributed by atoms with van der Waals surface area (Å²) < 4.78 is 22.8. The van der Waals surface area contributed by atoms with Gasteiger partial charge in [0.1, 0.15) is 0 Å². The van der Waals surface area contributed by atoms with Gasteiger partial charge in [-0.05, 0) is 72.2 Å². The van der Waals surface area contributed by atoms with E-state index in [4.69, 9.17) is 18.9 Å². The number of nitrogens with zero attached hydrogens (tertiary/aromatic N) is 1. The van der Waals surface area contributed by atoms with E-state index in [2.05, 4.69) is 15.9 Å². The van der Waals surface area contributed by atoms with E-state index < -0.39 is 0 Å². The van der Waals surface area contributed by atoms with Crippen LogP contribution in [-0.4, -0.2) is 45.8 Å². The molecule has 0 N–H and O–H groups in total. The first kappa shape index (κ1) is 23.7. The molecule has 7 heteroatoms. The summed E-state index contributed by atoms with van der Waals surface area (Å²) in [5.74, 6) is 2.46. The molecule has 0 saturated carbocycles. The standard InChI is InChI=1S/C27H26BrNO5/c1-31-23-10-5-17(14-24(23)32-2)13-22-21-16-26(34-4)25(33-3)15-19(21)11-12-29(22)27(30)18-6-8-20(28)9-7-18/h5-10,13-16H,11-12H2,1-4H3/b22-13-. The monoisotopic (exact) mass is 523 g/mol. The zero-order valence-electron chi connectivity index (χ0n) is 19.6. The van der Waals surface area contributed by atoms with E-state index in [9.17, 15) is 4.79 Å². The number of carbonyl (C=O) groups is 1. The van der Waals surface area contributed by atoms with E-state index in [0.29, 0.717) is 41.5 Å². The summed E-state index contributed by atoms with van der Waals surface area (Å²) in [6.45, 7) is 0.538. The van der Waals surface area contributed by atoms with Crippen molar-refractivity contribution in [2.45, 2.75) is 6.42 Å². The van der Waals surface area contributed by atoms with Crippen molar-refractivity contribution in [1.29, 1.82) is 0 Å². The van der Waals surface area contributed by atoms with Crippen molar-refractivity contribution in [2.75, 3.05) is 35.0 Å². The fraction of sp³-hybridized carbons (Fsp3) is 0.222. The topological polar surface area (TPSA) is 57.2 Å². The number of amides is 1. The number of carbonyl (C=O) groups excluding carboxylic acids is 1. The Morgan fingerprint density at radius 2 is 1.44 bits per heavy atom. The van der Waals surface area contributed by atoms with Gasteiger partial charge >= 0.3 is 0 Å². The number of benzene rings is 3. The number of fused-ring (bicyclic) bond motifs is 1. The predicted molar refractivity (Wildman–Crippen MR) is 136 cm³/mol. The molecule has 1 aliphatic rings. The van der Waals surface area contributed by atoms with Gasteiger partial charge in [-0.3, -0.25) is 4.79 Å². The highest BCUT2D eigenvalue weighted by atomic mass is 79.9. The van der Waals surface area contributed by atoms with Crippen molar-refractivity contribution >= 4 is 33.6 Å². The number of rotatable bonds is 6. The van der Waals surface area contributed by atoms with E-state index >= 15 is 0 Å². The van der Waals surface area contributed by atoms with Crippen molar-refractivity contribution in [2.24, 2.45) is 0 Å². The first-order valence-corrected chi connectivity index (χ1v) is 11.5. The largest absolute Gasteiger partial charge is 0.493 e. The highest BCUT2D eigenvalue weighted by Gasteiger charge is 2.28. The zero-order valence-corrected chi connectivity index (χ0v) is 21.1. The maximum absolute atomic E-state index is 13.6. The summed E-state index contributed by atoms with van der Waals surface area (Å²) in [5, 5.41) is 0. The Morgan fingerprint density at radius 1 is 0.824 bits per heavy atom. The molecule has 0 bridgehead atoms. The van der Waals surface area contributed by atoms with Gasteiger partial charge in [-0.2, -0.15) is 0 Å². The second kappa shape index (κ2) is 10.2. The molecule has 6 nitrogen and oxygen atoms in total. The quantitative estimate of drug-likeness (QED) is 0.416. The van der Waals surface area contributed by atoms with Crippen LogP contribution in [0.4, 0.5) is 0 Å². The molecule has 0 aromatic heterocycles. The number of methoxy groups -OCH3 is 4. The Balaban J connectivity index is 1.87. The molecule has 0 fully saturated rings. The SMILES string of the molecule is COc1ccc(/C=C2/c3cc(OC)c(OC)cc3CCN2C(=O)c2ccc(Br)cc2)cc1OC. The third kappa shape index (κ3) is 4.61. The molecule has 3 aromatic rings. The smallest absolute Gasteiger partial charge is 0.258 e. The lowest BCUT2D eigenvalue weighted by Gasteiger charge is -2.32. The van der Waals surface area contributed by atoms with Crippen LogP contribution < -0.4 is 18.9 Å². The van der Waals surface area contributed by atoms with E-state index in [1.54, 1.807) is 28.4 Å². The van der Waals surface area contributed by atoms with Crippen LogP contribution in [0.25, 0.3) is 11.8 Å². The summed E-state index contributed by atoms with van der Waals surface area (Å²) in [5.41, 5.74) is 4.28. The van der Waals surface area contributed by atoms with Crippen LogP contribution >= 0.6 is 15.9 Å². The summed E-state index contributed by atoms with van der Waals surface area (Å²) in [4.78, 5) is 15.4. The van der Waals surface area contributed by atoms with Gasteiger partial charge in [0.15, 0.2) is 23.0 Å². The summed E-state index contributed by atoms with van der Waals surface area (Å²) in [6, 6.07) is 17.0. The highest BCUT2D eigenvalue weighted by Crippen LogP contribution is 2.39. The molecule has 1 heterocycles. The molecular formula is C27H26BrNO5. The van der Waals surface area contributed by atoms with E-state index in [1.165, 1.54) is 0 Å². The normalized spacial score (nSPS) is 13.9. The molecule has 176 valence electrons. The van der Waals surface area contributed by atoms with Crippen LogP contribution in [0.15, 0.2) is 59.1 Å². The Morgan fingerprint density at radius 3 is 2.09 bits per heavy atom. The molecule has 0 unspecified atom stereocenters. The Labute approximate surface area is 207 Å². The molecule has 4 rings (SSSR count). The van der Waals surface area contributed by atoms with Crippen molar-refractivity contribution < 1.29 is 23.7 Å². The lowest BCUT2D eigenvalue weighted by Crippen LogP contribution is -2.35. The van der Waals surface area contributed by atoms with Crippen molar-refractivity contribution in [3.8, 4) is 23.0 Å². The van der Waals surface area contributed by atoms with Crippen LogP contribution in [-0.2, 0) is 6.42 Å². The van der Waals surface area contributed by atoms with Gasteiger partial charge in [0.25, 0.3) is 5.91 Å². The second-order valence-electron chi connectivity index (χ2n) is 7.72. The molecule has 0 spiro atoms. The molecule has 0 saturated heterocycles. The highest BCUT2D eigenvalue weighted by molar-refractivity contribution is 9.10. The Kier molecular flexibility index (Phi) is 7.12. The summed E-state index contributed by atoms with van der Waals surface area (Å²) >= 11 is 3.44. The number of hydrogen-bond acceptors (Lipinski definition) is 5. The number of hydrogen-bond donors (Lipinski definition) is 0. The lowest BCUT2D eigenvalue weighted by molar-refractivity contribution is 0.0834. The molecule has 0 atom stereocenters. The van der Waals surface area contributed by atoms with Crippen LogP contribution in [0.5, 0.6) is 23.0 Å². The molecule has 34 heavy (non-hydrogen) atoms. The Bertz CT molecular complexity index is 1240. The number of halogens is 1. The molecule has 0 aliphatic carbocycles. The predicted octanol–water partition coefficient (Wildman–Crippen LogP) is 5.68. The van der Waals surface area contributed by atoms with Crippen LogP contribution in [0.3, 0.4) is 0 Å². The van der Waals surface area contributed by atoms with E-state index in [0.717, 1.165) is 26.9 Å². The lowest BCUT2D eigenvalue weighted by atomic mass is 9.93. The van der Waals surface area contributed by atoms with Crippen LogP contribution in [0.1, 0.15) is 27.0 Å². The van der Waals surface area contributed by atoms with Crippen molar-refractivity contribution in [1.82, 2.24) is 4.90 Å². The van der Waals surface area contributed by atoms with Gasteiger partial charge in [-0.15, -0.1) is 0 Å². The summed E-state index contributed by atoms with van der Waals surface area (Å²) in [7, 11) is 6.43. The summed E-state index contributed by atoms with van der Waals surface area (Å²) in [6.07, 6.45) is 2.68. The first-order chi connectivity index (χ1) is 16.5. The van der Waals surface area contributed by atoms with Crippen molar-refractivity contribution in [3.63, 3.8) is 0 Å². The average Bonchev–Trinajstić information content (AvgIpc) is 2.87. The first-order valence-electron chi connectivity index (χ1n) is 10.8. The van der Waals surface area contributed by atoms with E-state index in [-0.39, 0.29) is 5.91 Å². The fourth-order valence-electron chi connectivity index (χ4n) is 4.08. The second-order valence-corrected chi connectivity index (χ2v) is 8.64. The third-order valence-corrected chi connectivity index (χ3v) is 6.36.